The van der Waals surface area contributed by atoms with Crippen LogP contribution < -0.4 is 5.32 Å². The van der Waals surface area contributed by atoms with E-state index >= 15 is 0 Å². The number of nitrogens with one attached hydrogen (secondary N) is 1. The Labute approximate surface area is 133 Å². The Morgan fingerprint density at radius 2 is 1.81 bits per heavy atom. The van der Waals surface area contributed by atoms with Crippen LogP contribution in [0.15, 0.2) is 22.7 Å². The zero-order valence-electron chi connectivity index (χ0n) is 12.6. The molecule has 1 aromatic rings. The van der Waals surface area contributed by atoms with Gasteiger partial charge in [-0.2, -0.15) is 13.2 Å². The van der Waals surface area contributed by atoms with Crippen molar-refractivity contribution >= 4 is 15.9 Å². The van der Waals surface area contributed by atoms with E-state index in [4.69, 9.17) is 0 Å². The van der Waals surface area contributed by atoms with Gasteiger partial charge in [-0.3, -0.25) is 0 Å². The van der Waals surface area contributed by atoms with Gasteiger partial charge in [0, 0.05) is 10.5 Å². The van der Waals surface area contributed by atoms with E-state index in [2.05, 4.69) is 28.2 Å². The van der Waals surface area contributed by atoms with Crippen LogP contribution in [0.25, 0.3) is 0 Å². The van der Waals surface area contributed by atoms with E-state index in [1.807, 2.05) is 0 Å². The van der Waals surface area contributed by atoms with Crippen LogP contribution >= 0.6 is 15.9 Å². The van der Waals surface area contributed by atoms with Gasteiger partial charge in [-0.05, 0) is 31.2 Å². The van der Waals surface area contributed by atoms with E-state index in [-0.39, 0.29) is 6.04 Å². The van der Waals surface area contributed by atoms with Crippen LogP contribution in [0, 0.1) is 0 Å². The van der Waals surface area contributed by atoms with Gasteiger partial charge < -0.3 is 5.32 Å². The summed E-state index contributed by atoms with van der Waals surface area (Å²) in [4.78, 5) is 0. The largest absolute Gasteiger partial charge is 0.416 e. The molecule has 1 unspecified atom stereocenters. The molecule has 1 nitrogen and oxygen atoms in total. The lowest BCUT2D eigenvalue weighted by Crippen LogP contribution is -2.21. The molecule has 21 heavy (non-hydrogen) atoms. The van der Waals surface area contributed by atoms with Crippen LogP contribution in [0.2, 0.25) is 0 Å². The molecule has 0 aliphatic rings. The Bertz CT molecular complexity index is 432. The Balaban J connectivity index is 2.80. The van der Waals surface area contributed by atoms with E-state index in [0.29, 0.717) is 10.0 Å². The summed E-state index contributed by atoms with van der Waals surface area (Å²) in [5.41, 5.74) is -0.214. The van der Waals surface area contributed by atoms with E-state index in [1.165, 1.54) is 12.8 Å². The van der Waals surface area contributed by atoms with Gasteiger partial charge in [0.1, 0.15) is 0 Å². The van der Waals surface area contributed by atoms with Crippen molar-refractivity contribution in [3.63, 3.8) is 0 Å². The summed E-state index contributed by atoms with van der Waals surface area (Å²) < 4.78 is 40.0. The van der Waals surface area contributed by atoms with Gasteiger partial charge in [-0.1, -0.05) is 61.0 Å². The summed E-state index contributed by atoms with van der Waals surface area (Å²) >= 11 is 3.12. The molecule has 0 aliphatic carbocycles. The minimum Gasteiger partial charge on any atom is -0.313 e. The van der Waals surface area contributed by atoms with Gasteiger partial charge in [0.25, 0.3) is 0 Å². The third-order valence-electron chi connectivity index (χ3n) is 3.64. The first-order valence-corrected chi connectivity index (χ1v) is 8.23. The third kappa shape index (κ3) is 5.99. The molecule has 0 amide bonds. The average molecular weight is 366 g/mol. The molecule has 1 atom stereocenters. The van der Waals surface area contributed by atoms with Crippen LogP contribution in [-0.2, 0) is 6.18 Å². The highest BCUT2D eigenvalue weighted by Crippen LogP contribution is 2.37. The lowest BCUT2D eigenvalue weighted by atomic mass is 9.95. The molecule has 0 aliphatic heterocycles. The molecule has 0 saturated carbocycles. The van der Waals surface area contributed by atoms with Gasteiger partial charge >= 0.3 is 6.18 Å². The fourth-order valence-electron chi connectivity index (χ4n) is 2.49. The number of hydrogen-bond acceptors (Lipinski definition) is 1. The fraction of sp³-hybridized carbons (Fsp3) is 0.625. The zero-order chi connectivity index (χ0) is 15.9. The number of benzene rings is 1. The van der Waals surface area contributed by atoms with Gasteiger partial charge in [-0.25, -0.2) is 0 Å². The average Bonchev–Trinajstić information content (AvgIpc) is 2.42. The van der Waals surface area contributed by atoms with Crippen molar-refractivity contribution in [1.82, 2.24) is 5.32 Å². The van der Waals surface area contributed by atoms with Gasteiger partial charge in [-0.15, -0.1) is 0 Å². The molecule has 0 saturated heterocycles. The molecule has 5 heteroatoms. The topological polar surface area (TPSA) is 12.0 Å². The summed E-state index contributed by atoms with van der Waals surface area (Å²) in [6.07, 6.45) is 1.93. The Morgan fingerprint density at radius 3 is 2.38 bits per heavy atom. The van der Waals surface area contributed by atoms with Crippen LogP contribution in [0.3, 0.4) is 0 Å². The number of alkyl halides is 3. The summed E-state index contributed by atoms with van der Waals surface area (Å²) in [5, 5.41) is 3.03. The second-order valence-electron chi connectivity index (χ2n) is 5.27. The SMILES string of the molecule is CCCCCCCC(NC)c1ccc(Br)cc1C(F)(F)F. The van der Waals surface area contributed by atoms with Crippen molar-refractivity contribution in [3.05, 3.63) is 33.8 Å². The number of hydrogen-bond donors (Lipinski definition) is 1. The summed E-state index contributed by atoms with van der Waals surface area (Å²) in [6, 6.07) is 4.15. The van der Waals surface area contributed by atoms with Crippen molar-refractivity contribution in [2.75, 3.05) is 7.05 Å². The van der Waals surface area contributed by atoms with Crippen LogP contribution in [-0.4, -0.2) is 7.05 Å². The highest BCUT2D eigenvalue weighted by Gasteiger charge is 2.35. The van der Waals surface area contributed by atoms with E-state index in [0.717, 1.165) is 31.7 Å². The lowest BCUT2D eigenvalue weighted by Gasteiger charge is -2.21. The van der Waals surface area contributed by atoms with Crippen LogP contribution in [0.1, 0.15) is 62.6 Å². The molecule has 0 heterocycles. The fourth-order valence-corrected chi connectivity index (χ4v) is 2.85. The Morgan fingerprint density at radius 1 is 1.14 bits per heavy atom. The van der Waals surface area contributed by atoms with E-state index in [1.54, 1.807) is 19.2 Å². The molecule has 1 rings (SSSR count). The second kappa shape index (κ2) is 8.79. The van der Waals surface area contributed by atoms with E-state index in [9.17, 15) is 13.2 Å². The van der Waals surface area contributed by atoms with Gasteiger partial charge in [0.15, 0.2) is 0 Å². The number of unbranched alkanes of at least 4 members (excludes halogenated alkanes) is 4. The van der Waals surface area contributed by atoms with Gasteiger partial charge in [0.05, 0.1) is 5.56 Å². The zero-order valence-corrected chi connectivity index (χ0v) is 14.1. The monoisotopic (exact) mass is 365 g/mol. The molecule has 1 N–H and O–H groups in total. The molecule has 120 valence electrons. The van der Waals surface area contributed by atoms with Crippen molar-refractivity contribution in [2.24, 2.45) is 0 Å². The van der Waals surface area contributed by atoms with Crippen molar-refractivity contribution < 1.29 is 13.2 Å². The second-order valence-corrected chi connectivity index (χ2v) is 6.19. The van der Waals surface area contributed by atoms with Crippen LogP contribution in [0.4, 0.5) is 13.2 Å². The normalized spacial score (nSPS) is 13.4. The van der Waals surface area contributed by atoms with E-state index < -0.39 is 11.7 Å². The lowest BCUT2D eigenvalue weighted by molar-refractivity contribution is -0.138. The number of halogens is 4. The molecule has 1 aromatic carbocycles. The Kier molecular flexibility index (Phi) is 7.74. The highest BCUT2D eigenvalue weighted by molar-refractivity contribution is 9.10. The summed E-state index contributed by atoms with van der Waals surface area (Å²) in [5.74, 6) is 0. The minimum absolute atomic E-state index is 0.253. The summed E-state index contributed by atoms with van der Waals surface area (Å²) in [6.45, 7) is 2.15. The Hall–Kier alpha value is -0.550. The molecular weight excluding hydrogens is 343 g/mol. The first kappa shape index (κ1) is 18.5. The van der Waals surface area contributed by atoms with Crippen LogP contribution in [0.5, 0.6) is 0 Å². The maximum atomic E-state index is 13.2. The maximum Gasteiger partial charge on any atom is 0.416 e. The van der Waals surface area contributed by atoms with Crippen molar-refractivity contribution in [1.29, 1.82) is 0 Å². The summed E-state index contributed by atoms with van der Waals surface area (Å²) in [7, 11) is 1.72. The van der Waals surface area contributed by atoms with Gasteiger partial charge in [0.2, 0.25) is 0 Å². The molecule has 0 aromatic heterocycles. The van der Waals surface area contributed by atoms with Crippen molar-refractivity contribution in [2.45, 2.75) is 57.7 Å². The quantitative estimate of drug-likeness (QED) is 0.549. The van der Waals surface area contributed by atoms with Crippen molar-refractivity contribution in [3.8, 4) is 0 Å². The number of rotatable bonds is 8. The first-order valence-electron chi connectivity index (χ1n) is 7.44. The molecular formula is C16H23BrF3N. The molecule has 0 bridgehead atoms. The molecule has 0 radical (unpaired) electrons. The molecule has 0 spiro atoms. The highest BCUT2D eigenvalue weighted by atomic mass is 79.9. The first-order chi connectivity index (χ1) is 9.90. The maximum absolute atomic E-state index is 13.2. The molecule has 0 fully saturated rings. The third-order valence-corrected chi connectivity index (χ3v) is 4.13. The standard InChI is InChI=1S/C16H23BrF3N/c1-3-4-5-6-7-8-15(21-2)13-10-9-12(17)11-14(13)16(18,19)20/h9-11,15,21H,3-8H2,1-2H3. The predicted molar refractivity (Wildman–Crippen MR) is 84.3 cm³/mol. The minimum atomic E-state index is -4.32. The predicted octanol–water partition coefficient (Wildman–Crippen LogP) is 6.09. The smallest absolute Gasteiger partial charge is 0.313 e.